The highest BCUT2D eigenvalue weighted by Crippen LogP contribution is 2.41. The number of nitrogens with zero attached hydrogens (tertiary/aromatic N) is 6. The summed E-state index contributed by atoms with van der Waals surface area (Å²) in [4.78, 5) is 7.22. The summed E-state index contributed by atoms with van der Waals surface area (Å²) in [5.41, 5.74) is 2.27. The second-order valence-electron chi connectivity index (χ2n) is 7.55. The Bertz CT molecular complexity index is 1160. The van der Waals surface area contributed by atoms with Crippen molar-refractivity contribution in [3.63, 3.8) is 0 Å². The van der Waals surface area contributed by atoms with Gasteiger partial charge in [0.05, 0.1) is 49.0 Å². The molecule has 10 nitrogen and oxygen atoms in total. The Morgan fingerprint density at radius 3 is 2.90 bits per heavy atom. The van der Waals surface area contributed by atoms with E-state index in [9.17, 15) is 8.42 Å². The van der Waals surface area contributed by atoms with Crippen LogP contribution in [0.2, 0.25) is 0 Å². The monoisotopic (exact) mass is 417 g/mol. The average Bonchev–Trinajstić information content (AvgIpc) is 3.36. The molecule has 1 saturated heterocycles. The van der Waals surface area contributed by atoms with E-state index in [4.69, 9.17) is 9.72 Å². The predicted molar refractivity (Wildman–Crippen MR) is 109 cm³/mol. The zero-order valence-corrected chi connectivity index (χ0v) is 17.2. The van der Waals surface area contributed by atoms with E-state index >= 15 is 0 Å². The number of aromatic amines is 1. The van der Waals surface area contributed by atoms with E-state index in [1.807, 2.05) is 0 Å². The first-order valence-corrected chi connectivity index (χ1v) is 11.5. The number of morpholine rings is 1. The fourth-order valence-electron chi connectivity index (χ4n) is 4.23. The quantitative estimate of drug-likeness (QED) is 0.679. The molecule has 11 heteroatoms. The first-order valence-electron chi connectivity index (χ1n) is 9.67. The van der Waals surface area contributed by atoms with Gasteiger partial charge in [-0.25, -0.2) is 13.4 Å². The van der Waals surface area contributed by atoms with E-state index in [1.54, 1.807) is 23.1 Å². The zero-order valence-electron chi connectivity index (χ0n) is 16.4. The molecule has 0 spiro atoms. The van der Waals surface area contributed by atoms with Crippen LogP contribution in [-0.4, -0.2) is 72.0 Å². The maximum Gasteiger partial charge on any atom is 0.232 e. The molecule has 0 aliphatic carbocycles. The molecular weight excluding hydrogens is 394 g/mol. The van der Waals surface area contributed by atoms with Gasteiger partial charge < -0.3 is 9.64 Å². The first kappa shape index (κ1) is 18.4. The molecule has 1 fully saturated rings. The van der Waals surface area contributed by atoms with Gasteiger partial charge in [0.1, 0.15) is 5.82 Å². The van der Waals surface area contributed by atoms with Crippen LogP contribution in [0, 0.1) is 0 Å². The van der Waals surface area contributed by atoms with Crippen LogP contribution >= 0.6 is 0 Å². The molecule has 2 aliphatic rings. The Morgan fingerprint density at radius 1 is 1.31 bits per heavy atom. The van der Waals surface area contributed by atoms with Crippen LogP contribution in [0.1, 0.15) is 18.9 Å². The van der Waals surface area contributed by atoms with Gasteiger partial charge in [0, 0.05) is 24.7 Å². The van der Waals surface area contributed by atoms with Gasteiger partial charge in [-0.1, -0.05) is 0 Å². The third-order valence-corrected chi connectivity index (χ3v) is 6.72. The number of anilines is 2. The molecule has 0 saturated carbocycles. The smallest absolute Gasteiger partial charge is 0.232 e. The lowest BCUT2D eigenvalue weighted by molar-refractivity contribution is 0.0984. The van der Waals surface area contributed by atoms with Gasteiger partial charge in [-0.3, -0.25) is 9.40 Å². The fourth-order valence-corrected chi connectivity index (χ4v) is 5.23. The van der Waals surface area contributed by atoms with Crippen molar-refractivity contribution in [2.45, 2.75) is 25.8 Å². The topological polar surface area (TPSA) is 109 Å². The number of aromatic nitrogens is 5. The van der Waals surface area contributed by atoms with E-state index in [0.29, 0.717) is 43.5 Å². The summed E-state index contributed by atoms with van der Waals surface area (Å²) in [5.74, 6) is 1.49. The minimum absolute atomic E-state index is 0.148. The number of ether oxygens (including phenoxy) is 1. The molecule has 1 N–H and O–H groups in total. The minimum atomic E-state index is -3.43. The molecule has 29 heavy (non-hydrogen) atoms. The molecule has 0 unspecified atom stereocenters. The van der Waals surface area contributed by atoms with Crippen molar-refractivity contribution in [3.05, 3.63) is 24.0 Å². The molecular formula is C18H23N7O3S. The Hall–Kier alpha value is -2.66. The molecule has 3 aromatic rings. The van der Waals surface area contributed by atoms with Gasteiger partial charge in [-0.05, 0) is 19.8 Å². The highest BCUT2D eigenvalue weighted by Gasteiger charge is 2.33. The number of rotatable bonds is 3. The van der Waals surface area contributed by atoms with Gasteiger partial charge in [0.15, 0.2) is 11.5 Å². The summed E-state index contributed by atoms with van der Waals surface area (Å²) in [6.07, 6.45) is 6.13. The molecule has 0 aromatic carbocycles. The van der Waals surface area contributed by atoms with E-state index in [-0.39, 0.29) is 6.04 Å². The molecule has 154 valence electrons. The van der Waals surface area contributed by atoms with Crippen LogP contribution in [0.5, 0.6) is 0 Å². The molecule has 0 amide bonds. The number of pyridine rings is 1. The first-order chi connectivity index (χ1) is 13.9. The van der Waals surface area contributed by atoms with Crippen molar-refractivity contribution >= 4 is 32.6 Å². The summed E-state index contributed by atoms with van der Waals surface area (Å²) in [5, 5.41) is 12.1. The molecule has 5 heterocycles. The number of hydrogen-bond donors (Lipinski definition) is 1. The van der Waals surface area contributed by atoms with Crippen LogP contribution in [-0.2, 0) is 21.2 Å². The molecule has 3 aromatic heterocycles. The Morgan fingerprint density at radius 2 is 2.17 bits per heavy atom. The summed E-state index contributed by atoms with van der Waals surface area (Å²) in [6.45, 7) is 4.50. The highest BCUT2D eigenvalue weighted by molar-refractivity contribution is 7.92. The summed E-state index contributed by atoms with van der Waals surface area (Å²) < 4.78 is 34.0. The van der Waals surface area contributed by atoms with Gasteiger partial charge >= 0.3 is 0 Å². The van der Waals surface area contributed by atoms with Gasteiger partial charge in [-0.2, -0.15) is 14.9 Å². The summed E-state index contributed by atoms with van der Waals surface area (Å²) in [7, 11) is -3.43. The van der Waals surface area contributed by atoms with Crippen LogP contribution in [0.3, 0.4) is 0 Å². The number of fused-ring (bicyclic) bond motifs is 3. The number of nitrogens with one attached hydrogen (secondary N) is 1. The largest absolute Gasteiger partial charge is 0.377 e. The SMILES string of the molecule is C[C@@H]1COCCN1c1nc2c(cnn2-c2ccn[nH]2)c2c1CCCN2S(C)(=O)=O. The van der Waals surface area contributed by atoms with Crippen LogP contribution < -0.4 is 9.21 Å². The van der Waals surface area contributed by atoms with Crippen molar-refractivity contribution in [2.24, 2.45) is 0 Å². The maximum absolute atomic E-state index is 12.6. The normalized spacial score (nSPS) is 20.3. The van der Waals surface area contributed by atoms with Gasteiger partial charge in [0.2, 0.25) is 10.0 Å². The number of H-pyrrole nitrogens is 1. The molecule has 5 rings (SSSR count). The average molecular weight is 417 g/mol. The Balaban J connectivity index is 1.81. The lowest BCUT2D eigenvalue weighted by Crippen LogP contribution is -2.45. The lowest BCUT2D eigenvalue weighted by atomic mass is 10.0. The summed E-state index contributed by atoms with van der Waals surface area (Å²) >= 11 is 0. The molecule has 1 atom stereocenters. The standard InChI is InChI=1S/C18H23N7O3S/c1-12-11-28-9-8-23(12)17-13-4-3-7-24(29(2,26)27)16(13)14-10-20-25(18(14)21-17)15-5-6-19-22-15/h5-6,10,12H,3-4,7-9,11H2,1-2H3,(H,19,22)/t12-/m1/s1. The van der Waals surface area contributed by atoms with Crippen LogP contribution in [0.25, 0.3) is 16.9 Å². The van der Waals surface area contributed by atoms with E-state index in [2.05, 4.69) is 27.1 Å². The Kier molecular flexibility index (Phi) is 4.24. The van der Waals surface area contributed by atoms with Crippen molar-refractivity contribution in [1.29, 1.82) is 0 Å². The van der Waals surface area contributed by atoms with Crippen molar-refractivity contribution in [1.82, 2.24) is 25.0 Å². The van der Waals surface area contributed by atoms with Crippen molar-refractivity contribution in [2.75, 3.05) is 41.8 Å². The van der Waals surface area contributed by atoms with Crippen LogP contribution in [0.4, 0.5) is 11.5 Å². The van der Waals surface area contributed by atoms with Gasteiger partial charge in [-0.15, -0.1) is 0 Å². The third kappa shape index (κ3) is 2.96. The minimum Gasteiger partial charge on any atom is -0.377 e. The number of sulfonamides is 1. The zero-order chi connectivity index (χ0) is 20.2. The van der Waals surface area contributed by atoms with Gasteiger partial charge in [0.25, 0.3) is 0 Å². The maximum atomic E-state index is 12.6. The lowest BCUT2D eigenvalue weighted by Gasteiger charge is -2.38. The number of hydrogen-bond acceptors (Lipinski definition) is 7. The Labute approximate surface area is 168 Å². The van der Waals surface area contributed by atoms with E-state index in [1.165, 1.54) is 10.6 Å². The summed E-state index contributed by atoms with van der Waals surface area (Å²) in [6, 6.07) is 1.95. The van der Waals surface area contributed by atoms with E-state index < -0.39 is 10.0 Å². The second kappa shape index (κ2) is 6.70. The van der Waals surface area contributed by atoms with E-state index in [0.717, 1.165) is 29.6 Å². The molecule has 0 bridgehead atoms. The third-order valence-electron chi connectivity index (χ3n) is 5.56. The molecule has 2 aliphatic heterocycles. The second-order valence-corrected chi connectivity index (χ2v) is 9.46. The fraction of sp³-hybridized carbons (Fsp3) is 0.500. The van der Waals surface area contributed by atoms with Crippen molar-refractivity contribution in [3.8, 4) is 5.82 Å². The van der Waals surface area contributed by atoms with Crippen molar-refractivity contribution < 1.29 is 13.2 Å². The molecule has 0 radical (unpaired) electrons. The predicted octanol–water partition coefficient (Wildman–Crippen LogP) is 1.08. The highest BCUT2D eigenvalue weighted by atomic mass is 32.2. The van der Waals surface area contributed by atoms with Crippen LogP contribution in [0.15, 0.2) is 18.5 Å².